The maximum absolute atomic E-state index is 11.1. The van der Waals surface area contributed by atoms with Crippen LogP contribution in [0.25, 0.3) is 0 Å². The van der Waals surface area contributed by atoms with Gasteiger partial charge in [-0.05, 0) is 6.42 Å². The van der Waals surface area contributed by atoms with Crippen molar-refractivity contribution in [3.63, 3.8) is 0 Å². The molecular weight excluding hydrogens is 268 g/mol. The summed E-state index contributed by atoms with van der Waals surface area (Å²) in [6, 6.07) is -0.807. The largest absolute Gasteiger partial charge is 0.388 e. The highest BCUT2D eigenvalue weighted by Gasteiger charge is 2.59. The van der Waals surface area contributed by atoms with Gasteiger partial charge in [-0.2, -0.15) is 0 Å². The molecule has 2 heterocycles. The number of aliphatic hydroxyl groups is 2. The summed E-state index contributed by atoms with van der Waals surface area (Å²) in [5, 5.41) is 22.9. The Balaban J connectivity index is 2.06. The van der Waals surface area contributed by atoms with E-state index in [2.05, 4.69) is 5.32 Å². The first kappa shape index (κ1) is 15.6. The van der Waals surface area contributed by atoms with Crippen molar-refractivity contribution < 1.29 is 29.2 Å². The third-order valence-electron chi connectivity index (χ3n) is 3.68. The van der Waals surface area contributed by atoms with Crippen molar-refractivity contribution in [2.45, 2.75) is 56.6 Å². The van der Waals surface area contributed by atoms with Crippen LogP contribution in [0.5, 0.6) is 0 Å². The molecule has 1 amide bonds. The number of ether oxygens (including phenoxy) is 3. The Hall–Kier alpha value is -0.770. The Bertz CT molecular complexity index is 368. The van der Waals surface area contributed by atoms with E-state index < -0.39 is 36.4 Å². The first-order chi connectivity index (χ1) is 9.39. The number of rotatable bonds is 5. The van der Waals surface area contributed by atoms with Gasteiger partial charge in [-0.15, -0.1) is 0 Å². The lowest BCUT2D eigenvalue weighted by atomic mass is 9.88. The molecular formula is C12H22N2O6. The van der Waals surface area contributed by atoms with Gasteiger partial charge in [0.05, 0.1) is 13.2 Å². The third kappa shape index (κ3) is 2.80. The highest BCUT2D eigenvalue weighted by atomic mass is 16.8. The highest BCUT2D eigenvalue weighted by molar-refractivity contribution is 5.73. The fourth-order valence-electron chi connectivity index (χ4n) is 2.44. The van der Waals surface area contributed by atoms with Crippen molar-refractivity contribution in [3.8, 4) is 0 Å². The lowest BCUT2D eigenvalue weighted by molar-refractivity contribution is -0.240. The van der Waals surface area contributed by atoms with Gasteiger partial charge in [0, 0.05) is 6.92 Å². The Morgan fingerprint density at radius 1 is 1.60 bits per heavy atom. The molecule has 2 fully saturated rings. The zero-order chi connectivity index (χ0) is 14.9. The van der Waals surface area contributed by atoms with Gasteiger partial charge < -0.3 is 35.5 Å². The SMILES string of the molecule is CCC(N)OC[C@@]12CO[C@@H](O1)[C@H](NC(C)=O)[C@@H](O)[C@H]2O. The molecule has 5 N–H and O–H groups in total. The molecule has 1 unspecified atom stereocenters. The molecule has 0 spiro atoms. The molecule has 0 aromatic carbocycles. The zero-order valence-electron chi connectivity index (χ0n) is 11.6. The lowest BCUT2D eigenvalue weighted by Gasteiger charge is -2.42. The number of nitrogens with one attached hydrogen (secondary N) is 1. The summed E-state index contributed by atoms with van der Waals surface area (Å²) in [5.41, 5.74) is 4.52. The minimum Gasteiger partial charge on any atom is -0.388 e. The van der Waals surface area contributed by atoms with Gasteiger partial charge in [0.2, 0.25) is 5.91 Å². The topological polar surface area (TPSA) is 123 Å². The summed E-state index contributed by atoms with van der Waals surface area (Å²) in [6.45, 7) is 3.28. The molecule has 0 saturated carbocycles. The predicted octanol–water partition coefficient (Wildman–Crippen LogP) is -1.95. The molecule has 2 bridgehead atoms. The molecule has 2 saturated heterocycles. The summed E-state index contributed by atoms with van der Waals surface area (Å²) in [4.78, 5) is 11.1. The van der Waals surface area contributed by atoms with Crippen LogP contribution >= 0.6 is 0 Å². The van der Waals surface area contributed by atoms with E-state index in [4.69, 9.17) is 19.9 Å². The molecule has 2 aliphatic rings. The van der Waals surface area contributed by atoms with Gasteiger partial charge in [-0.1, -0.05) is 6.92 Å². The van der Waals surface area contributed by atoms with Crippen LogP contribution in [0.4, 0.5) is 0 Å². The first-order valence-electron chi connectivity index (χ1n) is 6.69. The fraction of sp³-hybridized carbons (Fsp3) is 0.917. The van der Waals surface area contributed by atoms with Crippen LogP contribution in [-0.4, -0.2) is 65.7 Å². The van der Waals surface area contributed by atoms with Gasteiger partial charge in [0.25, 0.3) is 0 Å². The maximum atomic E-state index is 11.1. The van der Waals surface area contributed by atoms with E-state index in [9.17, 15) is 15.0 Å². The second-order valence-corrected chi connectivity index (χ2v) is 5.28. The van der Waals surface area contributed by atoms with Gasteiger partial charge in [0.15, 0.2) is 6.29 Å². The number of fused-ring (bicyclic) bond motifs is 2. The average Bonchev–Trinajstić information content (AvgIpc) is 2.81. The van der Waals surface area contributed by atoms with Crippen LogP contribution < -0.4 is 11.1 Å². The summed E-state index contributed by atoms with van der Waals surface area (Å²) in [7, 11) is 0. The minimum absolute atomic E-state index is 0.0174. The van der Waals surface area contributed by atoms with E-state index in [-0.39, 0.29) is 19.1 Å². The Kier molecular flexibility index (Phi) is 4.62. The smallest absolute Gasteiger partial charge is 0.217 e. The summed E-state index contributed by atoms with van der Waals surface area (Å²) >= 11 is 0. The van der Waals surface area contributed by atoms with Crippen LogP contribution in [0.1, 0.15) is 20.3 Å². The molecule has 2 aliphatic heterocycles. The van der Waals surface area contributed by atoms with E-state index in [1.807, 2.05) is 6.92 Å². The number of hydrogen-bond donors (Lipinski definition) is 4. The minimum atomic E-state index is -1.23. The standard InChI is InChI=1S/C12H22N2O6/c1-3-7(13)18-4-12-5-19-11(20-12)8(14-6(2)15)9(16)10(12)17/h7-11,16-17H,3-5,13H2,1-2H3,(H,14,15)/t7?,8-,9-,10-,11+,12+/m1/s1. The van der Waals surface area contributed by atoms with Crippen molar-refractivity contribution in [2.75, 3.05) is 13.2 Å². The summed E-state index contributed by atoms with van der Waals surface area (Å²) < 4.78 is 16.5. The highest BCUT2D eigenvalue weighted by Crippen LogP contribution is 2.37. The number of carbonyl (C=O) groups is 1. The van der Waals surface area contributed by atoms with Crippen LogP contribution in [0.3, 0.4) is 0 Å². The summed E-state index contributed by atoms with van der Waals surface area (Å²) in [6.07, 6.45) is -3.08. The molecule has 2 rings (SSSR count). The number of amides is 1. The van der Waals surface area contributed by atoms with Crippen molar-refractivity contribution in [2.24, 2.45) is 5.73 Å². The van der Waals surface area contributed by atoms with Crippen molar-refractivity contribution in [3.05, 3.63) is 0 Å². The fourth-order valence-corrected chi connectivity index (χ4v) is 2.44. The molecule has 8 nitrogen and oxygen atoms in total. The van der Waals surface area contributed by atoms with E-state index in [0.29, 0.717) is 6.42 Å². The van der Waals surface area contributed by atoms with Gasteiger partial charge in [-0.25, -0.2) is 0 Å². The quantitative estimate of drug-likeness (QED) is 0.434. The van der Waals surface area contributed by atoms with E-state index in [1.54, 1.807) is 0 Å². The average molecular weight is 290 g/mol. The molecule has 20 heavy (non-hydrogen) atoms. The Labute approximate surface area is 117 Å². The molecule has 6 atom stereocenters. The van der Waals surface area contributed by atoms with Crippen LogP contribution in [0.2, 0.25) is 0 Å². The van der Waals surface area contributed by atoms with E-state index in [0.717, 1.165) is 0 Å². The Morgan fingerprint density at radius 2 is 2.30 bits per heavy atom. The van der Waals surface area contributed by atoms with Crippen molar-refractivity contribution in [1.29, 1.82) is 0 Å². The van der Waals surface area contributed by atoms with E-state index in [1.165, 1.54) is 6.92 Å². The summed E-state index contributed by atoms with van der Waals surface area (Å²) in [5.74, 6) is -0.336. The van der Waals surface area contributed by atoms with Crippen molar-refractivity contribution in [1.82, 2.24) is 5.32 Å². The maximum Gasteiger partial charge on any atom is 0.217 e. The normalized spacial score (nSPS) is 41.5. The molecule has 8 heteroatoms. The number of hydrogen-bond acceptors (Lipinski definition) is 7. The van der Waals surface area contributed by atoms with Crippen LogP contribution in [-0.2, 0) is 19.0 Å². The number of carbonyl (C=O) groups excluding carboxylic acids is 1. The van der Waals surface area contributed by atoms with Crippen molar-refractivity contribution >= 4 is 5.91 Å². The second-order valence-electron chi connectivity index (χ2n) is 5.28. The zero-order valence-corrected chi connectivity index (χ0v) is 11.6. The van der Waals surface area contributed by atoms with E-state index >= 15 is 0 Å². The van der Waals surface area contributed by atoms with Crippen LogP contribution in [0, 0.1) is 0 Å². The number of nitrogens with two attached hydrogens (primary N) is 1. The molecule has 0 aliphatic carbocycles. The van der Waals surface area contributed by atoms with Crippen LogP contribution in [0.15, 0.2) is 0 Å². The lowest BCUT2D eigenvalue weighted by Crippen LogP contribution is -2.66. The van der Waals surface area contributed by atoms with Gasteiger partial charge in [-0.3, -0.25) is 4.79 Å². The molecule has 0 aromatic heterocycles. The molecule has 0 radical (unpaired) electrons. The second kappa shape index (κ2) is 5.92. The molecule has 0 aromatic rings. The Morgan fingerprint density at radius 3 is 2.90 bits per heavy atom. The number of aliphatic hydroxyl groups excluding tert-OH is 2. The predicted molar refractivity (Wildman–Crippen MR) is 67.4 cm³/mol. The van der Waals surface area contributed by atoms with Gasteiger partial charge >= 0.3 is 0 Å². The monoisotopic (exact) mass is 290 g/mol. The third-order valence-corrected chi connectivity index (χ3v) is 3.68. The van der Waals surface area contributed by atoms with Gasteiger partial charge in [0.1, 0.15) is 30.1 Å². The first-order valence-corrected chi connectivity index (χ1v) is 6.69. The molecule has 116 valence electrons.